The molecular weight excluding hydrogens is 308 g/mol. The summed E-state index contributed by atoms with van der Waals surface area (Å²) in [6.07, 6.45) is 25.3. The van der Waals surface area contributed by atoms with Crippen molar-refractivity contribution in [1.82, 2.24) is 9.55 Å². The van der Waals surface area contributed by atoms with Crippen molar-refractivity contribution in [2.45, 2.75) is 110 Å². The van der Waals surface area contributed by atoms with Gasteiger partial charge < -0.3 is 9.30 Å². The van der Waals surface area contributed by atoms with E-state index in [1.54, 1.807) is 0 Å². The van der Waals surface area contributed by atoms with Gasteiger partial charge in [0.25, 0.3) is 0 Å². The zero-order chi connectivity index (χ0) is 18.0. The first kappa shape index (κ1) is 22.2. The fraction of sp³-hybridized carbons (Fsp3) is 0.864. The summed E-state index contributed by atoms with van der Waals surface area (Å²) < 4.78 is 7.88. The molecule has 0 unspecified atom stereocenters. The van der Waals surface area contributed by atoms with E-state index in [1.807, 2.05) is 18.7 Å². The van der Waals surface area contributed by atoms with Crippen LogP contribution >= 0.6 is 0 Å². The van der Waals surface area contributed by atoms with Gasteiger partial charge in [0.1, 0.15) is 0 Å². The van der Waals surface area contributed by atoms with Gasteiger partial charge in [0.15, 0.2) is 0 Å². The molecule has 146 valence electrons. The summed E-state index contributed by atoms with van der Waals surface area (Å²) in [6.45, 7) is 6.15. The number of ether oxygens (including phenoxy) is 1. The molecule has 0 saturated heterocycles. The van der Waals surface area contributed by atoms with Crippen LogP contribution in [0, 0.1) is 0 Å². The Morgan fingerprint density at radius 2 is 1.32 bits per heavy atom. The Morgan fingerprint density at radius 1 is 0.800 bits per heavy atom. The molecule has 0 fully saturated rings. The molecule has 1 heterocycles. The summed E-state index contributed by atoms with van der Waals surface area (Å²) in [5.41, 5.74) is 0. The molecule has 3 nitrogen and oxygen atoms in total. The fourth-order valence-electron chi connectivity index (χ4n) is 3.27. The second-order valence-electron chi connectivity index (χ2n) is 7.53. The van der Waals surface area contributed by atoms with Crippen molar-refractivity contribution >= 4 is 0 Å². The SMILES string of the molecule is CCCCCCCCCCCCCCCCOC[C@H](C)n1ccnc1. The third-order valence-electron chi connectivity index (χ3n) is 5.04. The fourth-order valence-corrected chi connectivity index (χ4v) is 3.27. The van der Waals surface area contributed by atoms with Gasteiger partial charge in [0.05, 0.1) is 19.0 Å². The highest BCUT2D eigenvalue weighted by atomic mass is 16.5. The maximum Gasteiger partial charge on any atom is 0.0949 e. The lowest BCUT2D eigenvalue weighted by Gasteiger charge is -2.13. The Labute approximate surface area is 156 Å². The van der Waals surface area contributed by atoms with Crippen LogP contribution in [-0.4, -0.2) is 22.8 Å². The van der Waals surface area contributed by atoms with E-state index in [2.05, 4.69) is 23.4 Å². The molecular formula is C22H42N2O. The predicted molar refractivity (Wildman–Crippen MR) is 108 cm³/mol. The Bertz CT molecular complexity index is 364. The van der Waals surface area contributed by atoms with Crippen molar-refractivity contribution in [3.63, 3.8) is 0 Å². The van der Waals surface area contributed by atoms with Crippen molar-refractivity contribution < 1.29 is 4.74 Å². The number of hydrogen-bond donors (Lipinski definition) is 0. The summed E-state index contributed by atoms with van der Waals surface area (Å²) in [5.74, 6) is 0. The van der Waals surface area contributed by atoms with E-state index < -0.39 is 0 Å². The lowest BCUT2D eigenvalue weighted by atomic mass is 10.0. The highest BCUT2D eigenvalue weighted by Gasteiger charge is 2.02. The zero-order valence-electron chi connectivity index (χ0n) is 16.9. The Kier molecular flexibility index (Phi) is 14.8. The third kappa shape index (κ3) is 13.1. The molecule has 0 aromatic carbocycles. The van der Waals surface area contributed by atoms with Crippen molar-refractivity contribution in [2.75, 3.05) is 13.2 Å². The van der Waals surface area contributed by atoms with Crippen LogP contribution in [0.3, 0.4) is 0 Å². The monoisotopic (exact) mass is 350 g/mol. The van der Waals surface area contributed by atoms with E-state index in [-0.39, 0.29) is 0 Å². The smallest absolute Gasteiger partial charge is 0.0949 e. The Balaban J connectivity index is 1.72. The molecule has 0 radical (unpaired) electrons. The van der Waals surface area contributed by atoms with Crippen LogP contribution in [0.1, 0.15) is 110 Å². The molecule has 1 aromatic rings. The minimum Gasteiger partial charge on any atom is -0.379 e. The van der Waals surface area contributed by atoms with E-state index in [1.165, 1.54) is 89.9 Å². The van der Waals surface area contributed by atoms with E-state index in [0.29, 0.717) is 6.04 Å². The second-order valence-corrected chi connectivity index (χ2v) is 7.53. The minimum absolute atomic E-state index is 0.383. The largest absolute Gasteiger partial charge is 0.379 e. The van der Waals surface area contributed by atoms with Crippen LogP contribution in [0.15, 0.2) is 18.7 Å². The van der Waals surface area contributed by atoms with Crippen LogP contribution < -0.4 is 0 Å². The molecule has 0 aliphatic rings. The van der Waals surface area contributed by atoms with Gasteiger partial charge in [-0.3, -0.25) is 0 Å². The lowest BCUT2D eigenvalue weighted by Crippen LogP contribution is -2.11. The van der Waals surface area contributed by atoms with E-state index in [4.69, 9.17) is 4.74 Å². The van der Waals surface area contributed by atoms with Crippen LogP contribution in [0.2, 0.25) is 0 Å². The zero-order valence-corrected chi connectivity index (χ0v) is 16.9. The molecule has 25 heavy (non-hydrogen) atoms. The average Bonchev–Trinajstić information content (AvgIpc) is 3.16. The van der Waals surface area contributed by atoms with Gasteiger partial charge in [-0.1, -0.05) is 90.4 Å². The van der Waals surface area contributed by atoms with Gasteiger partial charge in [-0.05, 0) is 13.3 Å². The number of nitrogens with zero attached hydrogens (tertiary/aromatic N) is 2. The number of aromatic nitrogens is 2. The second kappa shape index (κ2) is 16.6. The van der Waals surface area contributed by atoms with E-state index in [9.17, 15) is 0 Å². The number of hydrogen-bond acceptors (Lipinski definition) is 2. The molecule has 1 rings (SSSR count). The van der Waals surface area contributed by atoms with Crippen molar-refractivity contribution in [2.24, 2.45) is 0 Å². The molecule has 0 bridgehead atoms. The molecule has 0 aliphatic carbocycles. The van der Waals surface area contributed by atoms with Crippen LogP contribution in [0.5, 0.6) is 0 Å². The summed E-state index contributed by atoms with van der Waals surface area (Å²) in [6, 6.07) is 0.383. The molecule has 1 aromatic heterocycles. The van der Waals surface area contributed by atoms with E-state index in [0.717, 1.165) is 13.2 Å². The first-order chi connectivity index (χ1) is 12.3. The molecule has 0 spiro atoms. The van der Waals surface area contributed by atoms with Gasteiger partial charge in [-0.25, -0.2) is 4.98 Å². The van der Waals surface area contributed by atoms with Crippen molar-refractivity contribution in [1.29, 1.82) is 0 Å². The van der Waals surface area contributed by atoms with Crippen LogP contribution in [0.25, 0.3) is 0 Å². The normalized spacial score (nSPS) is 12.6. The topological polar surface area (TPSA) is 27.1 Å². The third-order valence-corrected chi connectivity index (χ3v) is 5.04. The molecule has 0 amide bonds. The Hall–Kier alpha value is -0.830. The molecule has 3 heteroatoms. The van der Waals surface area contributed by atoms with Gasteiger partial charge in [-0.15, -0.1) is 0 Å². The summed E-state index contributed by atoms with van der Waals surface area (Å²) in [5, 5.41) is 0. The predicted octanol–water partition coefficient (Wildman–Crippen LogP) is 6.94. The van der Waals surface area contributed by atoms with Crippen LogP contribution in [0.4, 0.5) is 0 Å². The van der Waals surface area contributed by atoms with Gasteiger partial charge in [0.2, 0.25) is 0 Å². The molecule has 0 aliphatic heterocycles. The molecule has 0 N–H and O–H groups in total. The number of imidazole rings is 1. The number of unbranched alkanes of at least 4 members (excludes halogenated alkanes) is 13. The molecule has 0 saturated carbocycles. The first-order valence-electron chi connectivity index (χ1n) is 10.9. The average molecular weight is 351 g/mol. The van der Waals surface area contributed by atoms with E-state index >= 15 is 0 Å². The quantitative estimate of drug-likeness (QED) is 0.268. The maximum absolute atomic E-state index is 5.78. The Morgan fingerprint density at radius 3 is 1.80 bits per heavy atom. The summed E-state index contributed by atoms with van der Waals surface area (Å²) in [4.78, 5) is 4.08. The van der Waals surface area contributed by atoms with Gasteiger partial charge >= 0.3 is 0 Å². The molecule has 1 atom stereocenters. The summed E-state index contributed by atoms with van der Waals surface area (Å²) >= 11 is 0. The minimum atomic E-state index is 0.383. The number of rotatable bonds is 18. The van der Waals surface area contributed by atoms with Crippen LogP contribution in [-0.2, 0) is 4.74 Å². The first-order valence-corrected chi connectivity index (χ1v) is 10.9. The maximum atomic E-state index is 5.78. The van der Waals surface area contributed by atoms with Crippen molar-refractivity contribution in [3.05, 3.63) is 18.7 Å². The van der Waals surface area contributed by atoms with Gasteiger partial charge in [-0.2, -0.15) is 0 Å². The van der Waals surface area contributed by atoms with Crippen molar-refractivity contribution in [3.8, 4) is 0 Å². The highest BCUT2D eigenvalue weighted by molar-refractivity contribution is 4.78. The standard InChI is InChI=1S/C22H42N2O/c1-3-4-5-6-7-8-9-10-11-12-13-14-15-16-19-25-20-22(2)24-18-17-23-21-24/h17-18,21-22H,3-16,19-20H2,1-2H3/t22-/m0/s1. The van der Waals surface area contributed by atoms with Gasteiger partial charge in [0, 0.05) is 19.0 Å². The summed E-state index contributed by atoms with van der Waals surface area (Å²) in [7, 11) is 0. The highest BCUT2D eigenvalue weighted by Crippen LogP contribution is 2.13. The lowest BCUT2D eigenvalue weighted by molar-refractivity contribution is 0.104.